The highest BCUT2D eigenvalue weighted by Crippen LogP contribution is 2.37. The number of hydrogen-bond donors (Lipinski definition) is 0. The topological polar surface area (TPSA) is 60.2 Å². The Morgan fingerprint density at radius 3 is 2.91 bits per heavy atom. The monoisotopic (exact) mass is 336 g/mol. The molecule has 0 N–H and O–H groups in total. The van der Waals surface area contributed by atoms with Crippen LogP contribution in [-0.2, 0) is 16.1 Å². The summed E-state index contributed by atoms with van der Waals surface area (Å²) in [6.45, 7) is 1.54. The lowest BCUT2D eigenvalue weighted by molar-refractivity contribution is -0.128. The number of rotatable bonds is 6. The third-order valence-electron chi connectivity index (χ3n) is 3.57. The van der Waals surface area contributed by atoms with Gasteiger partial charge in [-0.1, -0.05) is 17.3 Å². The fraction of sp³-hybridized carbons (Fsp3) is 0.400. The summed E-state index contributed by atoms with van der Waals surface area (Å²) in [5, 5.41) is 8.17. The van der Waals surface area contributed by atoms with Gasteiger partial charge in [0.1, 0.15) is 16.9 Å². The van der Waals surface area contributed by atoms with Crippen molar-refractivity contribution in [1.82, 2.24) is 19.9 Å². The van der Waals surface area contributed by atoms with Crippen molar-refractivity contribution < 1.29 is 13.9 Å². The van der Waals surface area contributed by atoms with E-state index in [1.165, 1.54) is 23.9 Å². The molecule has 1 aliphatic rings. The number of aromatic nitrogens is 3. The van der Waals surface area contributed by atoms with Gasteiger partial charge < -0.3 is 9.64 Å². The Morgan fingerprint density at radius 2 is 2.17 bits per heavy atom. The average Bonchev–Trinajstić information content (AvgIpc) is 3.14. The number of amides is 1. The van der Waals surface area contributed by atoms with Crippen molar-refractivity contribution >= 4 is 17.7 Å². The molecule has 3 rings (SSSR count). The van der Waals surface area contributed by atoms with Gasteiger partial charge in [0.25, 0.3) is 0 Å². The molecule has 1 saturated heterocycles. The molecular formula is C15H17FN4O2S. The van der Waals surface area contributed by atoms with Crippen LogP contribution in [-0.4, -0.2) is 51.8 Å². The van der Waals surface area contributed by atoms with E-state index in [-0.39, 0.29) is 17.1 Å². The Morgan fingerprint density at radius 1 is 1.39 bits per heavy atom. The van der Waals surface area contributed by atoms with Crippen molar-refractivity contribution in [1.29, 1.82) is 0 Å². The molecule has 1 amide bonds. The first-order valence-electron chi connectivity index (χ1n) is 7.22. The van der Waals surface area contributed by atoms with Crippen molar-refractivity contribution in [3.05, 3.63) is 47.5 Å². The van der Waals surface area contributed by atoms with Gasteiger partial charge in [-0.3, -0.25) is 4.79 Å². The zero-order valence-electron chi connectivity index (χ0n) is 12.7. The van der Waals surface area contributed by atoms with Crippen molar-refractivity contribution in [3.63, 3.8) is 0 Å². The molecule has 0 bridgehead atoms. The standard InChI is InChI=1S/C15H17FN4O2S/c1-22-7-6-20-14(21)10-23-15(20)13-9-19(18-17-13)8-11-2-4-12(16)5-3-11/h2-5,9,15H,6-8,10H2,1H3/t15-/m1/s1. The minimum atomic E-state index is -0.261. The van der Waals surface area contributed by atoms with Gasteiger partial charge in [0.15, 0.2) is 0 Å². The lowest BCUT2D eigenvalue weighted by atomic mass is 10.2. The number of carbonyl (C=O) groups excluding carboxylic acids is 1. The van der Waals surface area contributed by atoms with Crippen LogP contribution in [0.1, 0.15) is 16.6 Å². The molecule has 1 fully saturated rings. The van der Waals surface area contributed by atoms with Crippen LogP contribution in [0.4, 0.5) is 4.39 Å². The number of ether oxygens (including phenoxy) is 1. The fourth-order valence-corrected chi connectivity index (χ4v) is 3.56. The Labute approximate surface area is 137 Å². The van der Waals surface area contributed by atoms with E-state index in [1.807, 2.05) is 6.20 Å². The molecule has 0 unspecified atom stereocenters. The maximum Gasteiger partial charge on any atom is 0.233 e. The van der Waals surface area contributed by atoms with Gasteiger partial charge in [-0.05, 0) is 17.7 Å². The number of carbonyl (C=O) groups is 1. The number of benzene rings is 1. The number of thioether (sulfide) groups is 1. The van der Waals surface area contributed by atoms with Gasteiger partial charge in [-0.15, -0.1) is 16.9 Å². The van der Waals surface area contributed by atoms with E-state index in [1.54, 1.807) is 28.8 Å². The Hall–Kier alpha value is -1.93. The van der Waals surface area contributed by atoms with Crippen LogP contribution in [0.2, 0.25) is 0 Å². The summed E-state index contributed by atoms with van der Waals surface area (Å²) in [4.78, 5) is 13.7. The third-order valence-corrected chi connectivity index (χ3v) is 4.80. The molecule has 6 nitrogen and oxygen atoms in total. The third kappa shape index (κ3) is 3.70. The van der Waals surface area contributed by atoms with Crippen LogP contribution in [0.15, 0.2) is 30.5 Å². The molecule has 0 saturated carbocycles. The summed E-state index contributed by atoms with van der Waals surface area (Å²) < 4.78 is 19.7. The van der Waals surface area contributed by atoms with Crippen LogP contribution in [0.25, 0.3) is 0 Å². The van der Waals surface area contributed by atoms with Crippen LogP contribution in [0.3, 0.4) is 0 Å². The summed E-state index contributed by atoms with van der Waals surface area (Å²) >= 11 is 1.54. The normalized spacial score (nSPS) is 17.9. The first-order valence-corrected chi connectivity index (χ1v) is 8.27. The summed E-state index contributed by atoms with van der Waals surface area (Å²) in [7, 11) is 1.61. The van der Waals surface area contributed by atoms with Gasteiger partial charge in [0, 0.05) is 13.7 Å². The second-order valence-corrected chi connectivity index (χ2v) is 6.28. The number of nitrogens with zero attached hydrogens (tertiary/aromatic N) is 4. The SMILES string of the molecule is COCCN1C(=O)CS[C@@H]1c1cn(Cc2ccc(F)cc2)nn1. The highest BCUT2D eigenvalue weighted by atomic mass is 32.2. The summed E-state index contributed by atoms with van der Waals surface area (Å²) in [5.41, 5.74) is 1.69. The molecule has 0 spiro atoms. The number of halogens is 1. The van der Waals surface area contributed by atoms with E-state index in [4.69, 9.17) is 4.74 Å². The Bertz CT molecular complexity index is 676. The lowest BCUT2D eigenvalue weighted by Gasteiger charge is -2.21. The molecule has 2 heterocycles. The average molecular weight is 336 g/mol. The zero-order valence-corrected chi connectivity index (χ0v) is 13.5. The van der Waals surface area contributed by atoms with Gasteiger partial charge in [0.05, 0.1) is 25.1 Å². The smallest absolute Gasteiger partial charge is 0.233 e. The van der Waals surface area contributed by atoms with Crippen LogP contribution in [0.5, 0.6) is 0 Å². The number of hydrogen-bond acceptors (Lipinski definition) is 5. The molecule has 0 aliphatic carbocycles. The van der Waals surface area contributed by atoms with Gasteiger partial charge in [-0.2, -0.15) is 0 Å². The maximum absolute atomic E-state index is 12.9. The van der Waals surface area contributed by atoms with Crippen LogP contribution >= 0.6 is 11.8 Å². The van der Waals surface area contributed by atoms with Gasteiger partial charge >= 0.3 is 0 Å². The van der Waals surface area contributed by atoms with Crippen molar-refractivity contribution in [2.24, 2.45) is 0 Å². The lowest BCUT2D eigenvalue weighted by Crippen LogP contribution is -2.31. The predicted octanol–water partition coefficient (Wildman–Crippen LogP) is 1.69. The fourth-order valence-electron chi connectivity index (χ4n) is 2.41. The molecular weight excluding hydrogens is 319 g/mol. The van der Waals surface area contributed by atoms with E-state index in [2.05, 4.69) is 10.3 Å². The molecule has 2 aromatic rings. The molecule has 0 radical (unpaired) electrons. The largest absolute Gasteiger partial charge is 0.383 e. The molecule has 1 aromatic carbocycles. The highest BCUT2D eigenvalue weighted by Gasteiger charge is 2.34. The van der Waals surface area contributed by atoms with Gasteiger partial charge in [-0.25, -0.2) is 9.07 Å². The molecule has 1 aromatic heterocycles. The zero-order chi connectivity index (χ0) is 16.2. The van der Waals surface area contributed by atoms with E-state index < -0.39 is 0 Å². The van der Waals surface area contributed by atoms with E-state index in [0.717, 1.165) is 11.3 Å². The van der Waals surface area contributed by atoms with Crippen LogP contribution in [0, 0.1) is 5.82 Å². The van der Waals surface area contributed by atoms with Crippen molar-refractivity contribution in [2.45, 2.75) is 11.9 Å². The minimum Gasteiger partial charge on any atom is -0.383 e. The Kier molecular flexibility index (Phi) is 4.92. The molecule has 1 atom stereocenters. The predicted molar refractivity (Wildman–Crippen MR) is 84.3 cm³/mol. The Balaban J connectivity index is 1.70. The first kappa shape index (κ1) is 15.9. The second-order valence-electron chi connectivity index (χ2n) is 5.21. The summed E-state index contributed by atoms with van der Waals surface area (Å²) in [6, 6.07) is 6.28. The van der Waals surface area contributed by atoms with Crippen LogP contribution < -0.4 is 0 Å². The van der Waals surface area contributed by atoms with E-state index in [9.17, 15) is 9.18 Å². The highest BCUT2D eigenvalue weighted by molar-refractivity contribution is 8.00. The maximum atomic E-state index is 12.9. The molecule has 122 valence electrons. The van der Waals surface area contributed by atoms with E-state index >= 15 is 0 Å². The van der Waals surface area contributed by atoms with E-state index in [0.29, 0.717) is 25.4 Å². The van der Waals surface area contributed by atoms with Crippen molar-refractivity contribution in [3.8, 4) is 0 Å². The van der Waals surface area contributed by atoms with Crippen molar-refractivity contribution in [2.75, 3.05) is 26.0 Å². The minimum absolute atomic E-state index is 0.0881. The molecule has 1 aliphatic heterocycles. The molecule has 8 heteroatoms. The first-order chi connectivity index (χ1) is 11.2. The number of methoxy groups -OCH3 is 1. The quantitative estimate of drug-likeness (QED) is 0.803. The molecule has 23 heavy (non-hydrogen) atoms. The summed E-state index contributed by atoms with van der Waals surface area (Å²) in [6.07, 6.45) is 1.83. The van der Waals surface area contributed by atoms with Gasteiger partial charge in [0.2, 0.25) is 5.91 Å². The summed E-state index contributed by atoms with van der Waals surface area (Å²) in [5.74, 6) is 0.270. The second kappa shape index (κ2) is 7.10.